The molecule has 2 aromatic carbocycles. The number of hydrogen-bond acceptors (Lipinski definition) is 2. The summed E-state index contributed by atoms with van der Waals surface area (Å²) in [5.74, 6) is 6.95. The van der Waals surface area contributed by atoms with Gasteiger partial charge in [0, 0.05) is 19.0 Å². The maximum absolute atomic E-state index is 13.5. The molecule has 0 spiro atoms. The first-order chi connectivity index (χ1) is 15.0. The van der Waals surface area contributed by atoms with Gasteiger partial charge in [0.15, 0.2) is 0 Å². The van der Waals surface area contributed by atoms with Crippen molar-refractivity contribution in [1.82, 2.24) is 4.31 Å². The van der Waals surface area contributed by atoms with E-state index in [2.05, 4.69) is 11.8 Å². The van der Waals surface area contributed by atoms with Crippen LogP contribution in [-0.2, 0) is 17.4 Å². The summed E-state index contributed by atoms with van der Waals surface area (Å²) in [6, 6.07) is 14.1. The van der Waals surface area contributed by atoms with Crippen LogP contribution >= 0.6 is 0 Å². The lowest BCUT2D eigenvalue weighted by Crippen LogP contribution is -2.37. The zero-order valence-corrected chi connectivity index (χ0v) is 18.2. The minimum absolute atomic E-state index is 0.0716. The molecule has 2 unspecified atom stereocenters. The fraction of sp³-hybridized carbons (Fsp3) is 0.154. The molecule has 0 amide bonds. The van der Waals surface area contributed by atoms with Gasteiger partial charge >= 0.3 is 0 Å². The molecule has 2 atom stereocenters. The molecule has 0 N–H and O–H groups in total. The predicted octanol–water partition coefficient (Wildman–Crippen LogP) is 4.82. The van der Waals surface area contributed by atoms with Crippen molar-refractivity contribution in [2.45, 2.75) is 12.5 Å². The maximum Gasteiger partial charge on any atom is 0.128 e. The van der Waals surface area contributed by atoms with E-state index in [0.29, 0.717) is 16.9 Å². The zero-order valence-electron chi connectivity index (χ0n) is 17.3. The molecule has 0 bridgehead atoms. The van der Waals surface area contributed by atoms with E-state index < -0.39 is 11.0 Å². The van der Waals surface area contributed by atoms with Gasteiger partial charge in [0.05, 0.1) is 18.1 Å². The first-order valence-corrected chi connectivity index (χ1v) is 11.0. The Balaban J connectivity index is 1.57. The van der Waals surface area contributed by atoms with Gasteiger partial charge in [-0.1, -0.05) is 42.2 Å². The lowest BCUT2D eigenvalue weighted by Gasteiger charge is -2.32. The fourth-order valence-electron chi connectivity index (χ4n) is 3.48. The minimum Gasteiger partial charge on any atom is -0.497 e. The molecule has 2 aliphatic rings. The number of fused-ring (bicyclic) bond motifs is 1. The molecule has 0 aromatic heterocycles. The molecule has 0 saturated carbocycles. The van der Waals surface area contributed by atoms with Crippen LogP contribution in [0.15, 0.2) is 88.9 Å². The Morgan fingerprint density at radius 2 is 2.00 bits per heavy atom. The largest absolute Gasteiger partial charge is 0.497 e. The average molecular weight is 432 g/mol. The Hall–Kier alpha value is -3.20. The second kappa shape index (κ2) is 9.30. The van der Waals surface area contributed by atoms with Crippen LogP contribution in [0.5, 0.6) is 5.75 Å². The summed E-state index contributed by atoms with van der Waals surface area (Å²) in [5.41, 5.74) is 3.73. The molecule has 4 rings (SSSR count). The van der Waals surface area contributed by atoms with Crippen LogP contribution in [0.3, 0.4) is 0 Å². The van der Waals surface area contributed by atoms with E-state index in [1.807, 2.05) is 55.6 Å². The summed E-state index contributed by atoms with van der Waals surface area (Å²) in [7, 11) is 2.15. The third-order valence-electron chi connectivity index (χ3n) is 5.13. The van der Waals surface area contributed by atoms with Crippen LogP contribution in [0.4, 0.5) is 4.39 Å². The Bertz CT molecular complexity index is 1200. The highest BCUT2D eigenvalue weighted by Crippen LogP contribution is 2.31. The number of benzene rings is 2. The third kappa shape index (κ3) is 4.93. The van der Waals surface area contributed by atoms with Gasteiger partial charge in [-0.3, -0.25) is 0 Å². The molecule has 5 heteroatoms. The van der Waals surface area contributed by atoms with Crippen LogP contribution in [0.1, 0.15) is 11.1 Å². The molecular formula is C26H22FNO2S. The summed E-state index contributed by atoms with van der Waals surface area (Å²) in [5, 5.41) is 0. The monoisotopic (exact) mass is 431 g/mol. The molecular weight excluding hydrogens is 409 g/mol. The van der Waals surface area contributed by atoms with Crippen molar-refractivity contribution >= 4 is 17.1 Å². The Morgan fingerprint density at radius 3 is 2.74 bits per heavy atom. The number of ether oxygens (including phenoxy) is 1. The zero-order chi connectivity index (χ0) is 21.8. The predicted molar refractivity (Wildman–Crippen MR) is 124 cm³/mol. The Morgan fingerprint density at radius 1 is 1.19 bits per heavy atom. The molecule has 0 fully saturated rings. The summed E-state index contributed by atoms with van der Waals surface area (Å²) in [4.78, 5) is 0.636. The lowest BCUT2D eigenvalue weighted by atomic mass is 9.96. The summed E-state index contributed by atoms with van der Waals surface area (Å²) < 4.78 is 33.4. The van der Waals surface area contributed by atoms with Crippen molar-refractivity contribution in [2.24, 2.45) is 0 Å². The number of allylic oxidation sites excluding steroid dienone is 3. The number of nitrogens with zero attached hydrogens (tertiary/aromatic N) is 1. The van der Waals surface area contributed by atoms with E-state index in [1.54, 1.807) is 29.6 Å². The molecule has 31 heavy (non-hydrogen) atoms. The Labute approximate surface area is 184 Å². The summed E-state index contributed by atoms with van der Waals surface area (Å²) in [6.45, 7) is 0. The van der Waals surface area contributed by atoms with Crippen molar-refractivity contribution in [3.63, 3.8) is 0 Å². The normalized spacial score (nSPS) is 21.6. The van der Waals surface area contributed by atoms with Gasteiger partial charge < -0.3 is 4.74 Å². The number of methoxy groups -OCH3 is 1. The second-order valence-electron chi connectivity index (χ2n) is 7.27. The first kappa shape index (κ1) is 21.0. The second-order valence-corrected chi connectivity index (χ2v) is 8.82. The van der Waals surface area contributed by atoms with Crippen LogP contribution in [0.25, 0.3) is 6.08 Å². The van der Waals surface area contributed by atoms with Gasteiger partial charge in [-0.25, -0.2) is 12.9 Å². The average Bonchev–Trinajstić information content (AvgIpc) is 2.78. The highest BCUT2D eigenvalue weighted by atomic mass is 32.2. The van der Waals surface area contributed by atoms with Crippen molar-refractivity contribution in [1.29, 1.82) is 0 Å². The smallest absolute Gasteiger partial charge is 0.128 e. The van der Waals surface area contributed by atoms with E-state index in [9.17, 15) is 8.60 Å². The van der Waals surface area contributed by atoms with Gasteiger partial charge in [0.1, 0.15) is 22.6 Å². The highest BCUT2D eigenvalue weighted by Gasteiger charge is 2.29. The van der Waals surface area contributed by atoms with Crippen LogP contribution in [-0.4, -0.2) is 28.7 Å². The minimum atomic E-state index is -1.32. The van der Waals surface area contributed by atoms with Crippen molar-refractivity contribution < 1.29 is 13.3 Å². The molecule has 0 saturated heterocycles. The topological polar surface area (TPSA) is 29.5 Å². The van der Waals surface area contributed by atoms with E-state index >= 15 is 0 Å². The Kier molecular flexibility index (Phi) is 6.31. The van der Waals surface area contributed by atoms with E-state index in [-0.39, 0.29) is 11.9 Å². The molecule has 156 valence electrons. The first-order valence-electron chi connectivity index (χ1n) is 9.89. The van der Waals surface area contributed by atoms with Gasteiger partial charge in [-0.2, -0.15) is 0 Å². The number of hydrogen-bond donors (Lipinski definition) is 0. The standard InChI is InChI=1S/C26H22FNO2S/c1-28-26-14-11-20(6-3-5-19-9-12-24(30-2)13-10-19)15-22(26)18-25(31(28)29)17-21-7-4-8-23(27)16-21/h4,7-18,26H,5H2,1-2H3/b25-17+. The van der Waals surface area contributed by atoms with Crippen molar-refractivity contribution in [3.8, 4) is 17.6 Å². The van der Waals surface area contributed by atoms with Crippen LogP contribution in [0, 0.1) is 17.7 Å². The lowest BCUT2D eigenvalue weighted by molar-refractivity contribution is 0.414. The molecule has 1 aliphatic carbocycles. The third-order valence-corrected chi connectivity index (χ3v) is 6.52. The highest BCUT2D eigenvalue weighted by molar-refractivity contribution is 7.87. The van der Waals surface area contributed by atoms with Gasteiger partial charge in [-0.15, -0.1) is 0 Å². The number of rotatable bonds is 3. The molecule has 1 heterocycles. The van der Waals surface area contributed by atoms with Crippen molar-refractivity contribution in [2.75, 3.05) is 14.2 Å². The van der Waals surface area contributed by atoms with E-state index in [1.165, 1.54) is 12.1 Å². The van der Waals surface area contributed by atoms with E-state index in [4.69, 9.17) is 4.74 Å². The maximum atomic E-state index is 13.5. The molecule has 1 aliphatic heterocycles. The van der Waals surface area contributed by atoms with Gasteiger partial charge in [0.2, 0.25) is 0 Å². The number of likely N-dealkylation sites (N-methyl/N-ethyl adjacent to an activating group) is 1. The molecule has 3 nitrogen and oxygen atoms in total. The fourth-order valence-corrected chi connectivity index (χ4v) is 4.69. The van der Waals surface area contributed by atoms with Crippen molar-refractivity contribution in [3.05, 3.63) is 106 Å². The summed E-state index contributed by atoms with van der Waals surface area (Å²) >= 11 is 0. The van der Waals surface area contributed by atoms with Gasteiger partial charge in [-0.05, 0) is 65.3 Å². The van der Waals surface area contributed by atoms with Gasteiger partial charge in [0.25, 0.3) is 0 Å². The van der Waals surface area contributed by atoms with E-state index in [0.717, 1.165) is 22.5 Å². The summed E-state index contributed by atoms with van der Waals surface area (Å²) in [6.07, 6.45) is 10.3. The molecule has 0 radical (unpaired) electrons. The number of halogens is 1. The quantitative estimate of drug-likeness (QED) is 0.652. The SMILES string of the molecule is COc1ccc(CC#CC2=CC3=C/C(=C\c4cccc(F)c4)S(=O)N(C)C3C=C2)cc1. The van der Waals surface area contributed by atoms with Crippen LogP contribution < -0.4 is 4.74 Å². The van der Waals surface area contributed by atoms with Crippen LogP contribution in [0.2, 0.25) is 0 Å². The molecule has 2 aromatic rings.